The minimum Gasteiger partial charge on any atom is -0.379 e. The van der Waals surface area contributed by atoms with Crippen LogP contribution in [-0.4, -0.2) is 48.9 Å². The van der Waals surface area contributed by atoms with Crippen LogP contribution in [0.1, 0.15) is 25.3 Å². The van der Waals surface area contributed by atoms with E-state index in [2.05, 4.69) is 36.7 Å². The minimum atomic E-state index is 0.240. The van der Waals surface area contributed by atoms with Gasteiger partial charge in [-0.25, -0.2) is 9.61 Å². The van der Waals surface area contributed by atoms with Crippen LogP contribution in [0.5, 0.6) is 0 Å². The normalized spacial score (nSPS) is 16.7. The predicted molar refractivity (Wildman–Crippen MR) is 93.4 cm³/mol. The van der Waals surface area contributed by atoms with Gasteiger partial charge in [0.25, 0.3) is 0 Å². The maximum Gasteiger partial charge on any atom is 0.199 e. The summed E-state index contributed by atoms with van der Waals surface area (Å²) in [5.74, 6) is 0.899. The monoisotopic (exact) mass is 342 g/mol. The van der Waals surface area contributed by atoms with Crippen LogP contribution in [0.4, 0.5) is 5.82 Å². The van der Waals surface area contributed by atoms with E-state index < -0.39 is 0 Å². The Morgan fingerprint density at radius 3 is 2.72 bits per heavy atom. The second kappa shape index (κ2) is 6.41. The molecule has 0 unspecified atom stereocenters. The molecule has 25 heavy (non-hydrogen) atoms. The standard InChI is InChI=1S/C16H22N8O/c1-2-24-14-10(9-23-5-3-11(17)4-6-23)7-19-8-12(14)20-16(24)13-15(18)22-25-21-13/h7-8,11H,2-6,9,17H2,1H3,(H2,18,22). The largest absolute Gasteiger partial charge is 0.379 e. The summed E-state index contributed by atoms with van der Waals surface area (Å²) in [6, 6.07) is 0.320. The molecule has 9 nitrogen and oxygen atoms in total. The van der Waals surface area contributed by atoms with Crippen LogP contribution >= 0.6 is 0 Å². The third-order valence-corrected chi connectivity index (χ3v) is 4.79. The number of hydrogen-bond acceptors (Lipinski definition) is 8. The molecule has 0 aliphatic carbocycles. The number of imidazole rings is 1. The first-order valence-corrected chi connectivity index (χ1v) is 8.56. The Morgan fingerprint density at radius 1 is 1.24 bits per heavy atom. The number of nitrogens with two attached hydrogens (primary N) is 2. The van der Waals surface area contributed by atoms with Gasteiger partial charge in [0.2, 0.25) is 0 Å². The molecule has 9 heteroatoms. The summed E-state index contributed by atoms with van der Waals surface area (Å²) in [4.78, 5) is 11.5. The van der Waals surface area contributed by atoms with Gasteiger partial charge in [0, 0.05) is 30.9 Å². The van der Waals surface area contributed by atoms with Gasteiger partial charge in [0.15, 0.2) is 17.3 Å². The number of rotatable bonds is 4. The Balaban J connectivity index is 1.75. The molecule has 0 atom stereocenters. The van der Waals surface area contributed by atoms with Crippen molar-refractivity contribution in [2.24, 2.45) is 5.73 Å². The van der Waals surface area contributed by atoms with Crippen LogP contribution in [0, 0.1) is 0 Å². The molecule has 132 valence electrons. The second-order valence-corrected chi connectivity index (χ2v) is 6.46. The second-order valence-electron chi connectivity index (χ2n) is 6.46. The maximum atomic E-state index is 6.01. The molecule has 3 aromatic heterocycles. The third kappa shape index (κ3) is 2.85. The van der Waals surface area contributed by atoms with Gasteiger partial charge in [-0.1, -0.05) is 0 Å². The van der Waals surface area contributed by atoms with Crippen LogP contribution in [0.3, 0.4) is 0 Å². The van der Waals surface area contributed by atoms with Gasteiger partial charge in [-0.15, -0.1) is 0 Å². The highest BCUT2D eigenvalue weighted by Crippen LogP contribution is 2.28. The van der Waals surface area contributed by atoms with Crippen molar-refractivity contribution in [2.45, 2.75) is 38.9 Å². The molecule has 0 spiro atoms. The quantitative estimate of drug-likeness (QED) is 0.719. The first kappa shape index (κ1) is 16.0. The van der Waals surface area contributed by atoms with Gasteiger partial charge in [0.05, 0.1) is 11.7 Å². The first-order chi connectivity index (χ1) is 12.2. The number of nitrogens with zero attached hydrogens (tertiary/aromatic N) is 6. The lowest BCUT2D eigenvalue weighted by Gasteiger charge is -2.30. The summed E-state index contributed by atoms with van der Waals surface area (Å²) >= 11 is 0. The molecule has 0 saturated carbocycles. The highest BCUT2D eigenvalue weighted by molar-refractivity contribution is 5.83. The van der Waals surface area contributed by atoms with E-state index in [1.54, 1.807) is 6.20 Å². The number of nitrogen functional groups attached to an aromatic ring is 1. The molecule has 1 aliphatic heterocycles. The van der Waals surface area contributed by atoms with Crippen molar-refractivity contribution in [1.82, 2.24) is 29.7 Å². The van der Waals surface area contributed by atoms with E-state index >= 15 is 0 Å². The Bertz CT molecular complexity index is 878. The Morgan fingerprint density at radius 2 is 2.04 bits per heavy atom. The molecule has 0 radical (unpaired) electrons. The number of aryl methyl sites for hydroxylation is 1. The summed E-state index contributed by atoms with van der Waals surface area (Å²) < 4.78 is 6.84. The van der Waals surface area contributed by atoms with Crippen molar-refractivity contribution >= 4 is 16.9 Å². The van der Waals surface area contributed by atoms with Crippen LogP contribution < -0.4 is 11.5 Å². The number of fused-ring (bicyclic) bond motifs is 1. The Labute approximate surface area is 145 Å². The molecule has 0 aromatic carbocycles. The van der Waals surface area contributed by atoms with E-state index in [4.69, 9.17) is 16.1 Å². The molecule has 0 amide bonds. The number of piperidine rings is 1. The SMILES string of the molecule is CCn1c(-c2nonc2N)nc2cncc(CN3CCC(N)CC3)c21. The van der Waals surface area contributed by atoms with E-state index in [0.29, 0.717) is 17.6 Å². The zero-order valence-corrected chi connectivity index (χ0v) is 14.2. The third-order valence-electron chi connectivity index (χ3n) is 4.79. The number of pyridine rings is 1. The zero-order chi connectivity index (χ0) is 17.4. The Hall–Kier alpha value is -2.52. The number of likely N-dealkylation sites (tertiary alicyclic amines) is 1. The van der Waals surface area contributed by atoms with Crippen molar-refractivity contribution in [1.29, 1.82) is 0 Å². The lowest BCUT2D eigenvalue weighted by molar-refractivity contribution is 0.206. The molecule has 4 rings (SSSR count). The average Bonchev–Trinajstić information content (AvgIpc) is 3.20. The molecule has 4 N–H and O–H groups in total. The fourth-order valence-electron chi connectivity index (χ4n) is 3.47. The summed E-state index contributed by atoms with van der Waals surface area (Å²) in [6.07, 6.45) is 5.74. The van der Waals surface area contributed by atoms with Crippen LogP contribution in [-0.2, 0) is 13.1 Å². The Kier molecular flexibility index (Phi) is 4.10. The molecule has 3 aromatic rings. The summed E-state index contributed by atoms with van der Waals surface area (Å²) in [7, 11) is 0. The van der Waals surface area contributed by atoms with Crippen LogP contribution in [0.15, 0.2) is 17.0 Å². The fraction of sp³-hybridized carbons (Fsp3) is 0.500. The fourth-order valence-corrected chi connectivity index (χ4v) is 3.47. The van der Waals surface area contributed by atoms with Crippen molar-refractivity contribution in [3.63, 3.8) is 0 Å². The average molecular weight is 342 g/mol. The lowest BCUT2D eigenvalue weighted by Crippen LogP contribution is -2.39. The topological polar surface area (TPSA) is 125 Å². The number of aromatic nitrogens is 5. The highest BCUT2D eigenvalue weighted by atomic mass is 16.6. The summed E-state index contributed by atoms with van der Waals surface area (Å²) in [5, 5.41) is 7.57. The van der Waals surface area contributed by atoms with E-state index in [1.807, 2.05) is 6.20 Å². The molecule has 4 heterocycles. The van der Waals surface area contributed by atoms with Gasteiger partial charge in [0.1, 0.15) is 5.52 Å². The molecular weight excluding hydrogens is 320 g/mol. The molecule has 1 saturated heterocycles. The van der Waals surface area contributed by atoms with E-state index in [-0.39, 0.29) is 5.82 Å². The van der Waals surface area contributed by atoms with Gasteiger partial charge in [-0.3, -0.25) is 9.88 Å². The molecular formula is C16H22N8O. The van der Waals surface area contributed by atoms with Crippen molar-refractivity contribution < 1.29 is 4.63 Å². The van der Waals surface area contributed by atoms with Crippen LogP contribution in [0.25, 0.3) is 22.6 Å². The first-order valence-electron chi connectivity index (χ1n) is 8.56. The van der Waals surface area contributed by atoms with Crippen LogP contribution in [0.2, 0.25) is 0 Å². The van der Waals surface area contributed by atoms with Gasteiger partial charge < -0.3 is 16.0 Å². The summed E-state index contributed by atoms with van der Waals surface area (Å²) in [5.41, 5.74) is 15.4. The maximum absolute atomic E-state index is 6.01. The van der Waals surface area contributed by atoms with E-state index in [1.165, 1.54) is 0 Å². The van der Waals surface area contributed by atoms with Crippen molar-refractivity contribution in [3.05, 3.63) is 18.0 Å². The lowest BCUT2D eigenvalue weighted by atomic mass is 10.1. The smallest absolute Gasteiger partial charge is 0.199 e. The summed E-state index contributed by atoms with van der Waals surface area (Å²) in [6.45, 7) is 5.64. The van der Waals surface area contributed by atoms with Gasteiger partial charge in [-0.2, -0.15) is 0 Å². The van der Waals surface area contributed by atoms with Crippen molar-refractivity contribution in [2.75, 3.05) is 18.8 Å². The van der Waals surface area contributed by atoms with E-state index in [0.717, 1.165) is 55.6 Å². The molecule has 0 bridgehead atoms. The van der Waals surface area contributed by atoms with Crippen molar-refractivity contribution in [3.8, 4) is 11.5 Å². The zero-order valence-electron chi connectivity index (χ0n) is 14.2. The highest BCUT2D eigenvalue weighted by Gasteiger charge is 2.22. The molecule has 1 aliphatic rings. The van der Waals surface area contributed by atoms with Gasteiger partial charge >= 0.3 is 0 Å². The number of anilines is 1. The number of hydrogen-bond donors (Lipinski definition) is 2. The van der Waals surface area contributed by atoms with E-state index in [9.17, 15) is 0 Å². The van der Waals surface area contributed by atoms with Gasteiger partial charge in [-0.05, 0) is 43.2 Å². The minimum absolute atomic E-state index is 0.240. The molecule has 1 fully saturated rings. The predicted octanol–water partition coefficient (Wildman–Crippen LogP) is 1.01.